The zero-order chi connectivity index (χ0) is 12.1. The lowest BCUT2D eigenvalue weighted by Gasteiger charge is -2.28. The number of aliphatic hydroxyl groups excluding tert-OH is 1. The highest BCUT2D eigenvalue weighted by atomic mass is 16.3. The summed E-state index contributed by atoms with van der Waals surface area (Å²) in [6.45, 7) is 11.1. The van der Waals surface area contributed by atoms with Gasteiger partial charge >= 0.3 is 0 Å². The van der Waals surface area contributed by atoms with Crippen molar-refractivity contribution in [3.63, 3.8) is 0 Å². The number of hydrogen-bond donors (Lipinski definition) is 3. The van der Waals surface area contributed by atoms with E-state index in [1.165, 1.54) is 0 Å². The lowest BCUT2D eigenvalue weighted by Crippen LogP contribution is -2.44. The van der Waals surface area contributed by atoms with Gasteiger partial charge in [0, 0.05) is 13.1 Å². The monoisotopic (exact) mass is 217 g/mol. The van der Waals surface area contributed by atoms with Gasteiger partial charge in [-0.1, -0.05) is 27.7 Å². The molecule has 2 atom stereocenters. The van der Waals surface area contributed by atoms with Crippen LogP contribution in [0.5, 0.6) is 0 Å². The third kappa shape index (κ3) is 6.88. The minimum Gasteiger partial charge on any atom is -0.392 e. The van der Waals surface area contributed by atoms with Crippen molar-refractivity contribution < 1.29 is 10.2 Å². The molecule has 0 fully saturated rings. The van der Waals surface area contributed by atoms with E-state index >= 15 is 0 Å². The van der Waals surface area contributed by atoms with Gasteiger partial charge < -0.3 is 15.5 Å². The summed E-state index contributed by atoms with van der Waals surface area (Å²) in [6.07, 6.45) is 0.490. The molecule has 0 amide bonds. The van der Waals surface area contributed by atoms with Gasteiger partial charge in [0.15, 0.2) is 0 Å². The zero-order valence-corrected chi connectivity index (χ0v) is 10.7. The number of hydrogen-bond acceptors (Lipinski definition) is 3. The van der Waals surface area contributed by atoms with Gasteiger partial charge in [-0.05, 0) is 25.2 Å². The Hall–Kier alpha value is -0.120. The van der Waals surface area contributed by atoms with Crippen molar-refractivity contribution in [2.45, 2.75) is 52.7 Å². The standard InChI is InChI=1S/C12H27NO2/c1-9(2)6-11(14)7-13-8-12(5,15)10(3)4/h9-11,13-15H,6-8H2,1-5H3. The van der Waals surface area contributed by atoms with Gasteiger partial charge in [0.2, 0.25) is 0 Å². The summed E-state index contributed by atoms with van der Waals surface area (Å²) in [5, 5.41) is 22.7. The third-order valence-electron chi connectivity index (χ3n) is 2.85. The van der Waals surface area contributed by atoms with Crippen molar-refractivity contribution in [1.82, 2.24) is 5.32 Å². The normalized spacial score (nSPS) is 18.2. The molecule has 0 aromatic rings. The van der Waals surface area contributed by atoms with Crippen LogP contribution in [0, 0.1) is 11.8 Å². The summed E-state index contributed by atoms with van der Waals surface area (Å²) in [6, 6.07) is 0. The van der Waals surface area contributed by atoms with E-state index in [1.807, 2.05) is 20.8 Å². The first kappa shape index (κ1) is 14.9. The molecule has 2 unspecified atom stereocenters. The van der Waals surface area contributed by atoms with Crippen LogP contribution in [-0.4, -0.2) is 35.0 Å². The van der Waals surface area contributed by atoms with Gasteiger partial charge in [-0.2, -0.15) is 0 Å². The molecule has 0 aliphatic carbocycles. The highest BCUT2D eigenvalue weighted by molar-refractivity contribution is 4.79. The van der Waals surface area contributed by atoms with Crippen LogP contribution in [0.3, 0.4) is 0 Å². The van der Waals surface area contributed by atoms with Crippen molar-refractivity contribution in [2.75, 3.05) is 13.1 Å². The lowest BCUT2D eigenvalue weighted by molar-refractivity contribution is 0.0112. The molecule has 0 rings (SSSR count). The fourth-order valence-corrected chi connectivity index (χ4v) is 1.32. The van der Waals surface area contributed by atoms with E-state index < -0.39 is 5.60 Å². The molecule has 0 saturated heterocycles. The van der Waals surface area contributed by atoms with E-state index in [-0.39, 0.29) is 12.0 Å². The second kappa shape index (κ2) is 6.46. The van der Waals surface area contributed by atoms with E-state index in [2.05, 4.69) is 19.2 Å². The van der Waals surface area contributed by atoms with E-state index in [0.29, 0.717) is 19.0 Å². The minimum absolute atomic E-state index is 0.215. The Morgan fingerprint density at radius 2 is 1.73 bits per heavy atom. The largest absolute Gasteiger partial charge is 0.392 e. The van der Waals surface area contributed by atoms with E-state index in [9.17, 15) is 10.2 Å². The molecule has 0 aromatic heterocycles. The van der Waals surface area contributed by atoms with Gasteiger partial charge in [0.1, 0.15) is 0 Å². The van der Waals surface area contributed by atoms with Gasteiger partial charge in [0.05, 0.1) is 11.7 Å². The molecule has 0 radical (unpaired) electrons. The first-order valence-electron chi connectivity index (χ1n) is 5.87. The van der Waals surface area contributed by atoms with Crippen LogP contribution in [0.4, 0.5) is 0 Å². The summed E-state index contributed by atoms with van der Waals surface area (Å²) in [5.74, 6) is 0.722. The maximum Gasteiger partial charge on any atom is 0.0766 e. The molecule has 0 spiro atoms. The van der Waals surface area contributed by atoms with Gasteiger partial charge in [0.25, 0.3) is 0 Å². The molecule has 0 saturated carbocycles. The molecule has 3 N–H and O–H groups in total. The summed E-state index contributed by atoms with van der Waals surface area (Å²) in [4.78, 5) is 0. The molecule has 0 aliphatic rings. The topological polar surface area (TPSA) is 52.5 Å². The summed E-state index contributed by atoms with van der Waals surface area (Å²) in [5.41, 5.74) is -0.697. The molecule has 3 nitrogen and oxygen atoms in total. The Morgan fingerprint density at radius 1 is 1.20 bits per heavy atom. The average Bonchev–Trinajstić information content (AvgIpc) is 2.01. The van der Waals surface area contributed by atoms with Crippen LogP contribution in [0.1, 0.15) is 41.0 Å². The Morgan fingerprint density at radius 3 is 2.13 bits per heavy atom. The van der Waals surface area contributed by atoms with E-state index in [1.54, 1.807) is 0 Å². The molecular formula is C12H27NO2. The van der Waals surface area contributed by atoms with Crippen LogP contribution < -0.4 is 5.32 Å². The highest BCUT2D eigenvalue weighted by Gasteiger charge is 2.24. The Kier molecular flexibility index (Phi) is 6.41. The molecule has 3 heteroatoms. The Labute approximate surface area is 93.9 Å². The molecular weight excluding hydrogens is 190 g/mol. The van der Waals surface area contributed by atoms with Crippen molar-refractivity contribution in [1.29, 1.82) is 0 Å². The van der Waals surface area contributed by atoms with Crippen LogP contribution >= 0.6 is 0 Å². The molecule has 15 heavy (non-hydrogen) atoms. The summed E-state index contributed by atoms with van der Waals surface area (Å²) in [7, 11) is 0. The number of nitrogens with one attached hydrogen (secondary N) is 1. The second-order valence-corrected chi connectivity index (χ2v) is 5.43. The molecule has 0 heterocycles. The summed E-state index contributed by atoms with van der Waals surface area (Å²) < 4.78 is 0. The first-order valence-corrected chi connectivity index (χ1v) is 5.87. The summed E-state index contributed by atoms with van der Waals surface area (Å²) >= 11 is 0. The number of aliphatic hydroxyl groups is 2. The molecule has 0 aliphatic heterocycles. The quantitative estimate of drug-likeness (QED) is 0.604. The smallest absolute Gasteiger partial charge is 0.0766 e. The van der Waals surface area contributed by atoms with Crippen molar-refractivity contribution in [3.05, 3.63) is 0 Å². The maximum atomic E-state index is 9.94. The third-order valence-corrected chi connectivity index (χ3v) is 2.85. The first-order chi connectivity index (χ1) is 6.75. The molecule has 0 bridgehead atoms. The van der Waals surface area contributed by atoms with Gasteiger partial charge in [-0.3, -0.25) is 0 Å². The Bertz CT molecular complexity index is 167. The van der Waals surface area contributed by atoms with Crippen LogP contribution in [0.15, 0.2) is 0 Å². The highest BCUT2D eigenvalue weighted by Crippen LogP contribution is 2.14. The van der Waals surface area contributed by atoms with Crippen molar-refractivity contribution in [3.8, 4) is 0 Å². The van der Waals surface area contributed by atoms with E-state index in [0.717, 1.165) is 6.42 Å². The van der Waals surface area contributed by atoms with Crippen LogP contribution in [0.2, 0.25) is 0 Å². The lowest BCUT2D eigenvalue weighted by atomic mass is 9.92. The van der Waals surface area contributed by atoms with Gasteiger partial charge in [-0.25, -0.2) is 0 Å². The fraction of sp³-hybridized carbons (Fsp3) is 1.00. The maximum absolute atomic E-state index is 9.94. The zero-order valence-electron chi connectivity index (χ0n) is 10.7. The molecule has 92 valence electrons. The van der Waals surface area contributed by atoms with Gasteiger partial charge in [-0.15, -0.1) is 0 Å². The SMILES string of the molecule is CC(C)CC(O)CNCC(C)(O)C(C)C. The van der Waals surface area contributed by atoms with Crippen LogP contribution in [0.25, 0.3) is 0 Å². The van der Waals surface area contributed by atoms with E-state index in [4.69, 9.17) is 0 Å². The second-order valence-electron chi connectivity index (χ2n) is 5.43. The Balaban J connectivity index is 3.70. The fourth-order valence-electron chi connectivity index (χ4n) is 1.32. The predicted octanol–water partition coefficient (Wildman–Crippen LogP) is 1.39. The van der Waals surface area contributed by atoms with Crippen molar-refractivity contribution in [2.24, 2.45) is 11.8 Å². The van der Waals surface area contributed by atoms with Crippen LogP contribution in [-0.2, 0) is 0 Å². The molecule has 0 aromatic carbocycles. The number of rotatable bonds is 7. The minimum atomic E-state index is -0.697. The average molecular weight is 217 g/mol. The van der Waals surface area contributed by atoms with Crippen molar-refractivity contribution >= 4 is 0 Å². The predicted molar refractivity (Wildman–Crippen MR) is 63.8 cm³/mol.